The molecule has 124 valence electrons. The topological polar surface area (TPSA) is 27.7 Å². The van der Waals surface area contributed by atoms with Crippen molar-refractivity contribution in [3.63, 3.8) is 0 Å². The van der Waals surface area contributed by atoms with Gasteiger partial charge in [0.15, 0.2) is 0 Å². The molecule has 0 heterocycles. The van der Waals surface area contributed by atoms with Crippen LogP contribution in [-0.4, -0.2) is 29.1 Å². The van der Waals surface area contributed by atoms with Crippen LogP contribution < -0.4 is 5.19 Å². The highest BCUT2D eigenvalue weighted by Gasteiger charge is 2.42. The van der Waals surface area contributed by atoms with E-state index in [-0.39, 0.29) is 6.10 Å². The average Bonchev–Trinajstić information content (AvgIpc) is 2.53. The highest BCUT2D eigenvalue weighted by molar-refractivity contribution is 6.75. The summed E-state index contributed by atoms with van der Waals surface area (Å²) in [6.07, 6.45) is -0.0595. The van der Waals surface area contributed by atoms with Gasteiger partial charge in [0.05, 0.1) is 0 Å². The maximum Gasteiger partial charge on any atom is 0.536 e. The second-order valence-electron chi connectivity index (χ2n) is 5.33. The van der Waals surface area contributed by atoms with E-state index in [0.29, 0.717) is 11.1 Å². The number of hydrogen-bond acceptors (Lipinski definition) is 3. The van der Waals surface area contributed by atoms with Gasteiger partial charge in [0.1, 0.15) is 11.6 Å². The molecule has 23 heavy (non-hydrogen) atoms. The molecule has 2 aromatic rings. The summed E-state index contributed by atoms with van der Waals surface area (Å²) in [5, 5.41) is 0.780. The third kappa shape index (κ3) is 3.84. The van der Waals surface area contributed by atoms with E-state index < -0.39 is 20.4 Å². The van der Waals surface area contributed by atoms with E-state index in [1.165, 1.54) is 12.1 Å². The Hall–Kier alpha value is -1.60. The van der Waals surface area contributed by atoms with E-state index in [1.54, 1.807) is 38.5 Å². The van der Waals surface area contributed by atoms with E-state index in [4.69, 9.17) is 13.3 Å². The number of halogens is 2. The zero-order chi connectivity index (χ0) is 17.0. The molecule has 0 saturated carbocycles. The lowest BCUT2D eigenvalue weighted by Crippen LogP contribution is -2.56. The second-order valence-corrected chi connectivity index (χ2v) is 8.07. The quantitative estimate of drug-likeness (QED) is 0.755. The fourth-order valence-electron chi connectivity index (χ4n) is 2.37. The van der Waals surface area contributed by atoms with Crippen molar-refractivity contribution >= 4 is 14.0 Å². The van der Waals surface area contributed by atoms with Crippen molar-refractivity contribution in [1.29, 1.82) is 0 Å². The summed E-state index contributed by atoms with van der Waals surface area (Å²) in [6, 6.07) is 10.6. The van der Waals surface area contributed by atoms with Crippen LogP contribution in [0.25, 0.3) is 11.1 Å². The molecule has 0 aliphatic heterocycles. The molecule has 0 unspecified atom stereocenters. The number of rotatable bonds is 6. The minimum absolute atomic E-state index is 0.0595. The lowest BCUT2D eigenvalue weighted by molar-refractivity contribution is 0.0838. The van der Waals surface area contributed by atoms with Gasteiger partial charge in [-0.1, -0.05) is 24.3 Å². The van der Waals surface area contributed by atoms with Crippen LogP contribution in [-0.2, 0) is 13.3 Å². The molecule has 2 rings (SSSR count). The first-order chi connectivity index (χ1) is 10.9. The Kier molecular flexibility index (Phi) is 5.64. The van der Waals surface area contributed by atoms with E-state index in [9.17, 15) is 8.78 Å². The molecule has 0 atom stereocenters. The first-order valence-electron chi connectivity index (χ1n) is 7.26. The van der Waals surface area contributed by atoms with Crippen LogP contribution in [0.5, 0.6) is 0 Å². The Morgan fingerprint density at radius 3 is 2.00 bits per heavy atom. The SMILES string of the molecule is CO[Si](OC)(OC(C)C)c1ccc(-c2ccc(F)cc2F)cc1. The maximum atomic E-state index is 13.9. The summed E-state index contributed by atoms with van der Waals surface area (Å²) in [4.78, 5) is 0. The van der Waals surface area contributed by atoms with Crippen LogP contribution >= 0.6 is 0 Å². The molecular weight excluding hydrogens is 318 g/mol. The predicted molar refractivity (Wildman–Crippen MR) is 87.4 cm³/mol. The van der Waals surface area contributed by atoms with Crippen LogP contribution in [0.15, 0.2) is 42.5 Å². The summed E-state index contributed by atoms with van der Waals surface area (Å²) in [5.41, 5.74) is 0.982. The molecule has 0 fully saturated rings. The van der Waals surface area contributed by atoms with Gasteiger partial charge < -0.3 is 13.3 Å². The minimum atomic E-state index is -2.98. The fraction of sp³-hybridized carbons (Fsp3) is 0.294. The standard InChI is InChI=1S/C17H20F2O3Si/c1-12(2)22-23(20-3,21-4)15-8-5-13(6-9-15)16-10-7-14(18)11-17(16)19/h5-12H,1-4H3. The van der Waals surface area contributed by atoms with Crippen LogP contribution in [0.4, 0.5) is 8.78 Å². The Morgan fingerprint density at radius 2 is 1.52 bits per heavy atom. The van der Waals surface area contributed by atoms with Crippen molar-refractivity contribution in [2.75, 3.05) is 14.2 Å². The smallest absolute Gasteiger partial charge is 0.373 e. The van der Waals surface area contributed by atoms with Crippen LogP contribution in [0.2, 0.25) is 0 Å². The summed E-state index contributed by atoms with van der Waals surface area (Å²) >= 11 is 0. The van der Waals surface area contributed by atoms with E-state index in [1.807, 2.05) is 13.8 Å². The van der Waals surface area contributed by atoms with Crippen molar-refractivity contribution in [2.24, 2.45) is 0 Å². The zero-order valence-electron chi connectivity index (χ0n) is 13.6. The summed E-state index contributed by atoms with van der Waals surface area (Å²) in [5.74, 6) is -1.20. The van der Waals surface area contributed by atoms with Crippen molar-refractivity contribution in [3.05, 3.63) is 54.1 Å². The Labute approximate surface area is 136 Å². The molecule has 0 aliphatic rings. The van der Waals surface area contributed by atoms with Crippen molar-refractivity contribution in [1.82, 2.24) is 0 Å². The van der Waals surface area contributed by atoms with Gasteiger partial charge >= 0.3 is 8.80 Å². The summed E-state index contributed by atoms with van der Waals surface area (Å²) in [6.45, 7) is 3.81. The molecule has 0 spiro atoms. The number of benzene rings is 2. The fourth-order valence-corrected chi connectivity index (χ4v) is 4.53. The Bertz CT molecular complexity index is 655. The van der Waals surface area contributed by atoms with E-state index >= 15 is 0 Å². The Morgan fingerprint density at radius 1 is 0.913 bits per heavy atom. The van der Waals surface area contributed by atoms with E-state index in [0.717, 1.165) is 11.3 Å². The van der Waals surface area contributed by atoms with Gasteiger partial charge in [0.2, 0.25) is 0 Å². The van der Waals surface area contributed by atoms with Gasteiger partial charge in [0, 0.05) is 37.1 Å². The Balaban J connectivity index is 2.37. The van der Waals surface area contributed by atoms with Crippen LogP contribution in [0.1, 0.15) is 13.8 Å². The zero-order valence-corrected chi connectivity index (χ0v) is 14.6. The molecule has 0 N–H and O–H groups in total. The van der Waals surface area contributed by atoms with Gasteiger partial charge in [-0.3, -0.25) is 0 Å². The van der Waals surface area contributed by atoms with Crippen molar-refractivity contribution in [3.8, 4) is 11.1 Å². The predicted octanol–water partition coefficient (Wildman–Crippen LogP) is 3.50. The maximum absolute atomic E-state index is 13.9. The molecule has 0 aromatic heterocycles. The molecule has 0 saturated heterocycles. The van der Waals surface area contributed by atoms with Gasteiger partial charge in [0.25, 0.3) is 0 Å². The molecule has 2 aromatic carbocycles. The largest absolute Gasteiger partial charge is 0.536 e. The van der Waals surface area contributed by atoms with Gasteiger partial charge in [-0.05, 0) is 31.5 Å². The summed E-state index contributed by atoms with van der Waals surface area (Å²) < 4.78 is 43.8. The molecular formula is C17H20F2O3Si. The third-order valence-electron chi connectivity index (χ3n) is 3.41. The molecule has 0 bridgehead atoms. The molecule has 6 heteroatoms. The average molecular weight is 338 g/mol. The molecule has 0 amide bonds. The van der Waals surface area contributed by atoms with Gasteiger partial charge in [-0.2, -0.15) is 0 Å². The third-order valence-corrected chi connectivity index (χ3v) is 6.31. The lowest BCUT2D eigenvalue weighted by Gasteiger charge is -2.28. The highest BCUT2D eigenvalue weighted by atomic mass is 28.4. The molecule has 0 radical (unpaired) electrons. The van der Waals surface area contributed by atoms with Crippen LogP contribution in [0.3, 0.4) is 0 Å². The summed E-state index contributed by atoms with van der Waals surface area (Å²) in [7, 11) is 0.112. The normalized spacial score (nSPS) is 12.0. The van der Waals surface area contributed by atoms with Crippen molar-refractivity contribution < 1.29 is 22.1 Å². The monoisotopic (exact) mass is 338 g/mol. The molecule has 3 nitrogen and oxygen atoms in total. The first kappa shape index (κ1) is 17.7. The minimum Gasteiger partial charge on any atom is -0.373 e. The van der Waals surface area contributed by atoms with Gasteiger partial charge in [-0.25, -0.2) is 8.78 Å². The first-order valence-corrected chi connectivity index (χ1v) is 8.98. The van der Waals surface area contributed by atoms with Crippen LogP contribution in [0, 0.1) is 11.6 Å². The van der Waals surface area contributed by atoms with E-state index in [2.05, 4.69) is 0 Å². The highest BCUT2D eigenvalue weighted by Crippen LogP contribution is 2.23. The number of hydrogen-bond donors (Lipinski definition) is 0. The lowest BCUT2D eigenvalue weighted by atomic mass is 10.1. The van der Waals surface area contributed by atoms with Crippen molar-refractivity contribution in [2.45, 2.75) is 20.0 Å². The van der Waals surface area contributed by atoms with Gasteiger partial charge in [-0.15, -0.1) is 0 Å². The second kappa shape index (κ2) is 7.31. The molecule has 0 aliphatic carbocycles.